The zero-order valence-corrected chi connectivity index (χ0v) is 13.0. The van der Waals surface area contributed by atoms with Crippen molar-refractivity contribution in [3.8, 4) is 0 Å². The third-order valence-corrected chi connectivity index (χ3v) is 5.76. The van der Waals surface area contributed by atoms with E-state index in [2.05, 4.69) is 4.72 Å². The standard InChI is InChI=1S/C14H21ClN2O2S/c15-12-9-6-10-13(16)14(12)20(18,19)17-11-7-4-2-1-3-5-8-11/h6,9-11,17H,1-5,7-8,16H2. The molecule has 0 unspecified atom stereocenters. The summed E-state index contributed by atoms with van der Waals surface area (Å²) in [6.45, 7) is 0. The Balaban J connectivity index is 2.17. The van der Waals surface area contributed by atoms with E-state index in [9.17, 15) is 8.42 Å². The number of hydrogen-bond acceptors (Lipinski definition) is 3. The monoisotopic (exact) mass is 316 g/mol. The summed E-state index contributed by atoms with van der Waals surface area (Å²) >= 11 is 5.99. The van der Waals surface area contributed by atoms with E-state index >= 15 is 0 Å². The zero-order valence-electron chi connectivity index (χ0n) is 11.4. The fourth-order valence-corrected chi connectivity index (χ4v) is 4.64. The van der Waals surface area contributed by atoms with Crippen molar-refractivity contribution in [3.63, 3.8) is 0 Å². The van der Waals surface area contributed by atoms with Gasteiger partial charge in [-0.25, -0.2) is 13.1 Å². The second-order valence-corrected chi connectivity index (χ2v) is 7.38. The Labute approximate surface area is 125 Å². The van der Waals surface area contributed by atoms with E-state index in [0.29, 0.717) is 0 Å². The van der Waals surface area contributed by atoms with Crippen LogP contribution in [0.25, 0.3) is 0 Å². The summed E-state index contributed by atoms with van der Waals surface area (Å²) in [7, 11) is -3.66. The second-order valence-electron chi connectivity index (χ2n) is 5.32. The Morgan fingerprint density at radius 1 is 1.10 bits per heavy atom. The van der Waals surface area contributed by atoms with Crippen molar-refractivity contribution in [1.82, 2.24) is 4.72 Å². The molecule has 0 amide bonds. The van der Waals surface area contributed by atoms with Gasteiger partial charge in [0.15, 0.2) is 0 Å². The van der Waals surface area contributed by atoms with Crippen LogP contribution < -0.4 is 10.5 Å². The molecular formula is C14H21ClN2O2S. The summed E-state index contributed by atoms with van der Waals surface area (Å²) < 4.78 is 27.7. The van der Waals surface area contributed by atoms with Crippen LogP contribution in [0.3, 0.4) is 0 Å². The number of benzene rings is 1. The summed E-state index contributed by atoms with van der Waals surface area (Å²) in [5.41, 5.74) is 5.96. The van der Waals surface area contributed by atoms with Gasteiger partial charge < -0.3 is 5.73 Å². The molecule has 3 N–H and O–H groups in total. The molecule has 20 heavy (non-hydrogen) atoms. The van der Waals surface area contributed by atoms with E-state index in [-0.39, 0.29) is 21.6 Å². The Morgan fingerprint density at radius 3 is 2.30 bits per heavy atom. The molecule has 6 heteroatoms. The van der Waals surface area contributed by atoms with Gasteiger partial charge in [-0.2, -0.15) is 0 Å². The van der Waals surface area contributed by atoms with Crippen LogP contribution in [-0.4, -0.2) is 14.5 Å². The third-order valence-electron chi connectivity index (χ3n) is 3.69. The van der Waals surface area contributed by atoms with E-state index in [0.717, 1.165) is 25.7 Å². The maximum absolute atomic E-state index is 12.5. The van der Waals surface area contributed by atoms with E-state index in [1.54, 1.807) is 18.2 Å². The first kappa shape index (κ1) is 15.6. The smallest absolute Gasteiger partial charge is 0.244 e. The Hall–Kier alpha value is -0.780. The average molecular weight is 317 g/mol. The lowest BCUT2D eigenvalue weighted by atomic mass is 9.97. The molecule has 0 spiro atoms. The van der Waals surface area contributed by atoms with Crippen molar-refractivity contribution in [2.24, 2.45) is 0 Å². The lowest BCUT2D eigenvalue weighted by Crippen LogP contribution is -2.35. The van der Waals surface area contributed by atoms with Crippen LogP contribution in [0.1, 0.15) is 44.9 Å². The molecule has 0 aromatic heterocycles. The SMILES string of the molecule is Nc1cccc(Cl)c1S(=O)(=O)NC1CCCCCCC1. The number of halogens is 1. The Morgan fingerprint density at radius 2 is 1.70 bits per heavy atom. The molecule has 0 saturated heterocycles. The predicted molar refractivity (Wildman–Crippen MR) is 82.3 cm³/mol. The zero-order chi connectivity index (χ0) is 14.6. The Kier molecular flexibility index (Phi) is 5.29. The van der Waals surface area contributed by atoms with Gasteiger partial charge in [-0.3, -0.25) is 0 Å². The maximum Gasteiger partial charge on any atom is 0.244 e. The quantitative estimate of drug-likeness (QED) is 0.840. The van der Waals surface area contributed by atoms with Crippen LogP contribution in [0.5, 0.6) is 0 Å². The van der Waals surface area contributed by atoms with Crippen molar-refractivity contribution in [1.29, 1.82) is 0 Å². The number of nitrogen functional groups attached to an aromatic ring is 1. The van der Waals surface area contributed by atoms with Crippen molar-refractivity contribution >= 4 is 27.3 Å². The average Bonchev–Trinajstić information content (AvgIpc) is 2.31. The maximum atomic E-state index is 12.5. The topological polar surface area (TPSA) is 72.2 Å². The minimum Gasteiger partial charge on any atom is -0.398 e. The van der Waals surface area contributed by atoms with E-state index in [4.69, 9.17) is 17.3 Å². The van der Waals surface area contributed by atoms with E-state index in [1.807, 2.05) is 0 Å². The first-order chi connectivity index (χ1) is 9.50. The molecule has 4 nitrogen and oxygen atoms in total. The summed E-state index contributed by atoms with van der Waals surface area (Å²) in [5, 5.41) is 0.170. The molecular weight excluding hydrogens is 296 g/mol. The molecule has 0 bridgehead atoms. The summed E-state index contributed by atoms with van der Waals surface area (Å²) in [5.74, 6) is 0. The highest BCUT2D eigenvalue weighted by Gasteiger charge is 2.24. The molecule has 1 fully saturated rings. The summed E-state index contributed by atoms with van der Waals surface area (Å²) in [4.78, 5) is 0.00345. The number of sulfonamides is 1. The largest absolute Gasteiger partial charge is 0.398 e. The van der Waals surface area contributed by atoms with E-state index in [1.165, 1.54) is 19.3 Å². The highest BCUT2D eigenvalue weighted by atomic mass is 35.5. The van der Waals surface area contributed by atoms with Crippen LogP contribution in [0, 0.1) is 0 Å². The van der Waals surface area contributed by atoms with Crippen LogP contribution in [0.15, 0.2) is 23.1 Å². The van der Waals surface area contributed by atoms with Gasteiger partial charge in [-0.15, -0.1) is 0 Å². The van der Waals surface area contributed by atoms with E-state index < -0.39 is 10.0 Å². The number of anilines is 1. The number of nitrogens with two attached hydrogens (primary N) is 1. The van der Waals surface area contributed by atoms with Crippen LogP contribution in [-0.2, 0) is 10.0 Å². The molecule has 1 aromatic carbocycles. The molecule has 0 heterocycles. The lowest BCUT2D eigenvalue weighted by Gasteiger charge is -2.21. The third kappa shape index (κ3) is 3.87. The number of rotatable bonds is 3. The molecule has 112 valence electrons. The fraction of sp³-hybridized carbons (Fsp3) is 0.571. The van der Waals surface area contributed by atoms with Gasteiger partial charge in [0, 0.05) is 6.04 Å². The number of nitrogens with one attached hydrogen (secondary N) is 1. The molecule has 1 aromatic rings. The van der Waals surface area contributed by atoms with Gasteiger partial charge in [0.1, 0.15) is 4.90 Å². The van der Waals surface area contributed by atoms with Crippen molar-refractivity contribution in [3.05, 3.63) is 23.2 Å². The molecule has 0 aliphatic heterocycles. The van der Waals surface area contributed by atoms with Gasteiger partial charge in [0.05, 0.1) is 10.7 Å². The molecule has 1 aliphatic carbocycles. The van der Waals surface area contributed by atoms with Crippen LogP contribution in [0.2, 0.25) is 5.02 Å². The van der Waals surface area contributed by atoms with Gasteiger partial charge >= 0.3 is 0 Å². The lowest BCUT2D eigenvalue weighted by molar-refractivity contribution is 0.426. The van der Waals surface area contributed by atoms with Crippen LogP contribution in [0.4, 0.5) is 5.69 Å². The number of hydrogen-bond donors (Lipinski definition) is 2. The van der Waals surface area contributed by atoms with Gasteiger partial charge in [0.25, 0.3) is 0 Å². The normalized spacial score (nSPS) is 18.4. The highest BCUT2D eigenvalue weighted by molar-refractivity contribution is 7.89. The first-order valence-corrected chi connectivity index (χ1v) is 8.93. The minimum absolute atomic E-state index is 0.00345. The van der Waals surface area contributed by atoms with Gasteiger partial charge in [0.2, 0.25) is 10.0 Å². The predicted octanol–water partition coefficient (Wildman–Crippen LogP) is 3.31. The second kappa shape index (κ2) is 6.78. The highest BCUT2D eigenvalue weighted by Crippen LogP contribution is 2.28. The van der Waals surface area contributed by atoms with Crippen molar-refractivity contribution in [2.75, 3.05) is 5.73 Å². The molecule has 0 radical (unpaired) electrons. The van der Waals surface area contributed by atoms with Crippen molar-refractivity contribution in [2.45, 2.75) is 55.9 Å². The first-order valence-electron chi connectivity index (χ1n) is 7.07. The van der Waals surface area contributed by atoms with Crippen LogP contribution >= 0.6 is 11.6 Å². The Bertz CT molecular complexity index is 532. The minimum atomic E-state index is -3.66. The summed E-state index contributed by atoms with van der Waals surface area (Å²) in [6, 6.07) is 4.73. The molecule has 1 aliphatic rings. The molecule has 0 atom stereocenters. The van der Waals surface area contributed by atoms with Gasteiger partial charge in [-0.05, 0) is 25.0 Å². The molecule has 1 saturated carbocycles. The molecule has 2 rings (SSSR count). The van der Waals surface area contributed by atoms with Gasteiger partial charge in [-0.1, -0.05) is 49.8 Å². The fourth-order valence-electron chi connectivity index (χ4n) is 2.66. The van der Waals surface area contributed by atoms with Crippen molar-refractivity contribution < 1.29 is 8.42 Å². The summed E-state index contributed by atoms with van der Waals surface area (Å²) in [6.07, 6.45) is 7.47.